The van der Waals surface area contributed by atoms with Crippen LogP contribution in [0.1, 0.15) is 56.4 Å². The highest BCUT2D eigenvalue weighted by atomic mass is 16.2. The van der Waals surface area contributed by atoms with Crippen LogP contribution in [0.25, 0.3) is 45.1 Å². The monoisotopic (exact) mass is 642 g/mol. The fourth-order valence-corrected chi connectivity index (χ4v) is 7.13. The maximum atomic E-state index is 14.4. The third-order valence-electron chi connectivity index (χ3n) is 9.68. The summed E-state index contributed by atoms with van der Waals surface area (Å²) in [6, 6.07) is 13.8. The van der Waals surface area contributed by atoms with E-state index in [1.165, 1.54) is 4.90 Å². The minimum atomic E-state index is -1.15. The first-order chi connectivity index (χ1) is 22.8. The molecule has 4 aromatic heterocycles. The maximum absolute atomic E-state index is 14.4. The van der Waals surface area contributed by atoms with E-state index in [0.717, 1.165) is 33.7 Å². The first-order valence-corrected chi connectivity index (χ1v) is 15.8. The molecule has 2 amide bonds. The third kappa shape index (κ3) is 3.94. The lowest BCUT2D eigenvalue weighted by Crippen LogP contribution is -2.40. The molecule has 0 saturated carbocycles. The van der Waals surface area contributed by atoms with E-state index in [2.05, 4.69) is 31.4 Å². The highest BCUT2D eigenvalue weighted by Crippen LogP contribution is 2.49. The van der Waals surface area contributed by atoms with Crippen molar-refractivity contribution in [3.63, 3.8) is 0 Å². The van der Waals surface area contributed by atoms with Gasteiger partial charge in [-0.3, -0.25) is 29.3 Å². The van der Waals surface area contributed by atoms with Crippen LogP contribution in [0.3, 0.4) is 0 Å². The number of aromatic amines is 3. The molecule has 0 aliphatic carbocycles. The third-order valence-corrected chi connectivity index (χ3v) is 9.68. The number of carbonyl (C=O) groups is 2. The number of fused-ring (bicyclic) bond motifs is 4. The van der Waals surface area contributed by atoms with Crippen molar-refractivity contribution in [2.75, 3.05) is 22.9 Å². The summed E-state index contributed by atoms with van der Waals surface area (Å²) in [6.45, 7) is 12.0. The Hall–Kier alpha value is -5.81. The van der Waals surface area contributed by atoms with Crippen LogP contribution in [-0.2, 0) is 20.4 Å². The van der Waals surface area contributed by atoms with Gasteiger partial charge < -0.3 is 15.6 Å². The smallest absolute Gasteiger partial charge is 0.239 e. The Labute approximate surface area is 275 Å². The molecule has 2 aliphatic heterocycles. The molecule has 6 heterocycles. The average Bonchev–Trinajstić information content (AvgIpc) is 3.88. The van der Waals surface area contributed by atoms with E-state index in [1.807, 2.05) is 77.9 Å². The van der Waals surface area contributed by atoms with Crippen LogP contribution < -0.4 is 15.5 Å². The van der Waals surface area contributed by atoms with Crippen molar-refractivity contribution in [1.82, 2.24) is 39.9 Å². The van der Waals surface area contributed by atoms with Crippen LogP contribution in [0.2, 0.25) is 0 Å². The first-order valence-electron chi connectivity index (χ1n) is 15.8. The molecule has 0 radical (unpaired) electrons. The predicted molar refractivity (Wildman–Crippen MR) is 180 cm³/mol. The number of H-pyrrole nitrogens is 3. The van der Waals surface area contributed by atoms with Gasteiger partial charge in [0.1, 0.15) is 17.5 Å². The van der Waals surface area contributed by atoms with Gasteiger partial charge >= 0.3 is 0 Å². The van der Waals surface area contributed by atoms with Gasteiger partial charge in [-0.2, -0.15) is 15.5 Å². The Morgan fingerprint density at radius 3 is 2.15 bits per heavy atom. The van der Waals surface area contributed by atoms with Crippen LogP contribution >= 0.6 is 0 Å². The Morgan fingerprint density at radius 1 is 0.854 bits per heavy atom. The minimum absolute atomic E-state index is 0.0556. The molecule has 0 saturated heterocycles. The highest BCUT2D eigenvalue weighted by Gasteiger charge is 2.49. The van der Waals surface area contributed by atoms with Gasteiger partial charge in [-0.1, -0.05) is 0 Å². The van der Waals surface area contributed by atoms with Crippen molar-refractivity contribution in [2.45, 2.75) is 58.5 Å². The molecule has 1 unspecified atom stereocenters. The lowest BCUT2D eigenvalue weighted by atomic mass is 9.86. The lowest BCUT2D eigenvalue weighted by Gasteiger charge is -2.27. The van der Waals surface area contributed by atoms with Gasteiger partial charge in [0.05, 0.1) is 44.3 Å². The van der Waals surface area contributed by atoms with Crippen molar-refractivity contribution in [3.8, 4) is 29.1 Å². The second-order valence-corrected chi connectivity index (χ2v) is 13.7. The molecule has 0 fully saturated rings. The topological polar surface area (TPSA) is 194 Å². The standard InChI is InChI=1S/C34H34N12O2/c1-16-9-23(42-40-16)29-37-20-11-18-26(13-21(20)38-29)46(32(48)34(18,5)6)28(15-36)45-27-12-19-25(44(8-7-35)31(47)33(19,3)4)14-22(27)39-30(45)24-10-17(2)41-43-24/h9-14,28H,7-8,35H2,1-6H3,(H,37,38)(H,40,42)(H,41,43). The summed E-state index contributed by atoms with van der Waals surface area (Å²) in [4.78, 5) is 44.3. The summed E-state index contributed by atoms with van der Waals surface area (Å²) in [5.41, 5.74) is 12.4. The molecule has 6 aromatic rings. The van der Waals surface area contributed by atoms with Gasteiger partial charge in [0.25, 0.3) is 0 Å². The molecule has 8 rings (SSSR count). The number of anilines is 2. The molecule has 2 aromatic carbocycles. The maximum Gasteiger partial charge on any atom is 0.239 e. The van der Waals surface area contributed by atoms with Crippen molar-refractivity contribution < 1.29 is 9.59 Å². The van der Waals surface area contributed by atoms with Crippen molar-refractivity contribution in [1.29, 1.82) is 5.26 Å². The number of imidazole rings is 2. The summed E-state index contributed by atoms with van der Waals surface area (Å²) < 4.78 is 1.76. The molecule has 14 heteroatoms. The number of nitriles is 1. The molecule has 14 nitrogen and oxygen atoms in total. The molecular formula is C34H34N12O2. The first kappa shape index (κ1) is 29.6. The highest BCUT2D eigenvalue weighted by molar-refractivity contribution is 6.11. The average molecular weight is 643 g/mol. The number of carbonyl (C=O) groups excluding carboxylic acids is 2. The van der Waals surface area contributed by atoms with Crippen LogP contribution in [0.5, 0.6) is 0 Å². The molecular weight excluding hydrogens is 608 g/mol. The number of rotatable bonds is 6. The number of nitrogens with one attached hydrogen (secondary N) is 3. The van der Waals surface area contributed by atoms with E-state index in [4.69, 9.17) is 15.7 Å². The van der Waals surface area contributed by atoms with Gasteiger partial charge in [-0.25, -0.2) is 9.97 Å². The molecule has 1 atom stereocenters. The number of nitrogens with two attached hydrogens (primary N) is 1. The Balaban J connectivity index is 1.35. The molecule has 242 valence electrons. The molecule has 5 N–H and O–H groups in total. The van der Waals surface area contributed by atoms with E-state index < -0.39 is 17.0 Å². The summed E-state index contributed by atoms with van der Waals surface area (Å²) in [6.07, 6.45) is -1.15. The number of nitrogens with zero attached hydrogens (tertiary/aromatic N) is 8. The van der Waals surface area contributed by atoms with E-state index in [1.54, 1.807) is 9.47 Å². The number of hydrogen-bond donors (Lipinski definition) is 4. The Bertz CT molecular complexity index is 2380. The summed E-state index contributed by atoms with van der Waals surface area (Å²) >= 11 is 0. The number of aryl methyl sites for hydroxylation is 2. The van der Waals surface area contributed by atoms with Crippen molar-refractivity contribution >= 4 is 45.3 Å². The normalized spacial score (nSPS) is 17.0. The zero-order valence-electron chi connectivity index (χ0n) is 27.4. The minimum Gasteiger partial charge on any atom is -0.337 e. The van der Waals surface area contributed by atoms with E-state index >= 15 is 0 Å². The number of benzene rings is 2. The van der Waals surface area contributed by atoms with Gasteiger partial charge in [0, 0.05) is 24.5 Å². The van der Waals surface area contributed by atoms with E-state index in [-0.39, 0.29) is 11.8 Å². The summed E-state index contributed by atoms with van der Waals surface area (Å²) in [7, 11) is 0. The quantitative estimate of drug-likeness (QED) is 0.207. The van der Waals surface area contributed by atoms with Crippen LogP contribution in [0.15, 0.2) is 36.4 Å². The summed E-state index contributed by atoms with van der Waals surface area (Å²) in [5, 5.41) is 25.7. The lowest BCUT2D eigenvalue weighted by molar-refractivity contribution is -0.123. The SMILES string of the molecule is Cc1cc(-c2nc3cc4c(cc3[nH]2)C(C)(C)C(=O)N4C(C#N)n2c(-c3cc(C)[nH]n3)nc3cc4c(cc32)C(C)(C)C(=O)N4CCN)n[nH]1. The largest absolute Gasteiger partial charge is 0.337 e. The predicted octanol–water partition coefficient (Wildman–Crippen LogP) is 4.24. The number of amides is 2. The van der Waals surface area contributed by atoms with E-state index in [0.29, 0.717) is 58.4 Å². The number of hydrogen-bond acceptors (Lipinski definition) is 8. The Morgan fingerprint density at radius 2 is 1.50 bits per heavy atom. The number of aromatic nitrogens is 8. The van der Waals surface area contributed by atoms with E-state index in [9.17, 15) is 14.9 Å². The van der Waals surface area contributed by atoms with Gasteiger partial charge in [0.2, 0.25) is 18.0 Å². The molecule has 48 heavy (non-hydrogen) atoms. The fourth-order valence-electron chi connectivity index (χ4n) is 7.13. The van der Waals surface area contributed by atoms with Crippen LogP contribution in [0, 0.1) is 25.2 Å². The molecule has 0 spiro atoms. The van der Waals surface area contributed by atoms with Crippen LogP contribution in [0.4, 0.5) is 11.4 Å². The second-order valence-electron chi connectivity index (χ2n) is 13.7. The van der Waals surface area contributed by atoms with Crippen LogP contribution in [-0.4, -0.2) is 64.8 Å². The van der Waals surface area contributed by atoms with Crippen molar-refractivity contribution in [2.24, 2.45) is 5.73 Å². The zero-order chi connectivity index (χ0) is 33.9. The second kappa shape index (κ2) is 9.85. The zero-order valence-corrected chi connectivity index (χ0v) is 27.4. The van der Waals surface area contributed by atoms with Crippen molar-refractivity contribution in [3.05, 3.63) is 58.9 Å². The molecule has 0 bridgehead atoms. The summed E-state index contributed by atoms with van der Waals surface area (Å²) in [5.74, 6) is 0.712. The Kier molecular flexibility index (Phi) is 6.07. The fraction of sp³-hybridized carbons (Fsp3) is 0.324. The van der Waals surface area contributed by atoms with Gasteiger partial charge in [-0.15, -0.1) is 0 Å². The van der Waals surface area contributed by atoms with Gasteiger partial charge in [-0.05, 0) is 89.1 Å². The molecule has 2 aliphatic rings. The van der Waals surface area contributed by atoms with Gasteiger partial charge in [0.15, 0.2) is 11.6 Å².